The van der Waals surface area contributed by atoms with Crippen molar-refractivity contribution in [1.29, 1.82) is 0 Å². The maximum atomic E-state index is 13.6. The highest BCUT2D eigenvalue weighted by Gasteiger charge is 2.51. The van der Waals surface area contributed by atoms with E-state index in [1.165, 1.54) is 29.4 Å². The van der Waals surface area contributed by atoms with Crippen molar-refractivity contribution >= 4 is 23.8 Å². The monoisotopic (exact) mass is 735 g/mol. The molecule has 6 atom stereocenters. The number of imidazole rings is 1. The second kappa shape index (κ2) is 14.0. The van der Waals surface area contributed by atoms with E-state index in [1.807, 2.05) is 56.8 Å². The number of likely N-dealkylation sites (tertiary alicyclic amines) is 2. The molecule has 4 N–H and O–H groups in total. The number of aromatic nitrogens is 2. The largest absolute Gasteiger partial charge is 0.453 e. The Morgan fingerprint density at radius 3 is 2.41 bits per heavy atom. The lowest BCUT2D eigenvalue weighted by atomic mass is 9.83. The first-order valence-electron chi connectivity index (χ1n) is 19.6. The number of amides is 3. The summed E-state index contributed by atoms with van der Waals surface area (Å²) in [5, 5.41) is 9.90. The number of benzene rings is 2. The Bertz CT molecular complexity index is 1980. The highest BCUT2D eigenvalue weighted by Crippen LogP contribution is 2.50. The van der Waals surface area contributed by atoms with Gasteiger partial charge in [-0.25, -0.2) is 14.6 Å². The maximum absolute atomic E-state index is 13.6. The van der Waals surface area contributed by atoms with E-state index in [1.54, 1.807) is 0 Å². The Morgan fingerprint density at radius 1 is 0.981 bits per heavy atom. The van der Waals surface area contributed by atoms with Gasteiger partial charge in [-0.15, -0.1) is 0 Å². The SMILES string of the molecule is COC(=O)N[C@H](C(=O)N1CCC[C@H]1C1NC=C(c2ccc3c(c2)CCc2cc(-c4cnc(C5[C@H]6CC[C@H](C6)N5C(=O)OC(C)(C)C)[nH]4)ccc2-3)N1)C(C)C. The van der Waals surface area contributed by atoms with Crippen LogP contribution in [0.5, 0.6) is 0 Å². The zero-order chi connectivity index (χ0) is 37.9. The molecule has 2 aliphatic carbocycles. The number of hydrogen-bond acceptors (Lipinski definition) is 8. The molecular formula is C42H53N7O5. The Kier molecular flexibility index (Phi) is 9.34. The topological polar surface area (TPSA) is 141 Å². The molecule has 2 saturated heterocycles. The van der Waals surface area contributed by atoms with Crippen LogP contribution in [0.15, 0.2) is 48.8 Å². The van der Waals surface area contributed by atoms with E-state index < -0.39 is 17.7 Å². The quantitative estimate of drug-likeness (QED) is 0.216. The highest BCUT2D eigenvalue weighted by atomic mass is 16.6. The number of ether oxygens (including phenoxy) is 2. The summed E-state index contributed by atoms with van der Waals surface area (Å²) in [6.45, 7) is 10.3. The third-order valence-corrected chi connectivity index (χ3v) is 11.9. The van der Waals surface area contributed by atoms with Gasteiger partial charge >= 0.3 is 12.2 Å². The third-order valence-electron chi connectivity index (χ3n) is 11.9. The van der Waals surface area contributed by atoms with Gasteiger partial charge in [-0.2, -0.15) is 0 Å². The van der Waals surface area contributed by atoms with Crippen molar-refractivity contribution in [3.63, 3.8) is 0 Å². The Labute approximate surface area is 317 Å². The van der Waals surface area contributed by atoms with Crippen LogP contribution in [0.4, 0.5) is 9.59 Å². The molecule has 0 radical (unpaired) electrons. The molecule has 12 heteroatoms. The zero-order valence-electron chi connectivity index (χ0n) is 32.2. The summed E-state index contributed by atoms with van der Waals surface area (Å²) in [5.74, 6) is 1.08. The van der Waals surface area contributed by atoms with E-state index in [4.69, 9.17) is 14.5 Å². The summed E-state index contributed by atoms with van der Waals surface area (Å²) in [4.78, 5) is 51.2. The second-order valence-corrected chi connectivity index (χ2v) is 16.9. The molecule has 2 bridgehead atoms. The first-order chi connectivity index (χ1) is 25.9. The summed E-state index contributed by atoms with van der Waals surface area (Å²) in [7, 11) is 1.31. The molecule has 286 valence electrons. The number of H-pyrrole nitrogens is 1. The van der Waals surface area contributed by atoms with Gasteiger partial charge in [-0.05, 0) is 123 Å². The lowest BCUT2D eigenvalue weighted by Gasteiger charge is -2.35. The normalized spacial score (nSPS) is 24.7. The van der Waals surface area contributed by atoms with Crippen LogP contribution in [0.2, 0.25) is 0 Å². The molecule has 2 aromatic carbocycles. The maximum Gasteiger partial charge on any atom is 0.411 e. The highest BCUT2D eigenvalue weighted by molar-refractivity contribution is 5.86. The van der Waals surface area contributed by atoms with E-state index in [9.17, 15) is 14.4 Å². The number of piperidine rings is 1. The second-order valence-electron chi connectivity index (χ2n) is 16.9. The van der Waals surface area contributed by atoms with E-state index >= 15 is 0 Å². The Hall–Kier alpha value is -5.00. The number of rotatable bonds is 7. The molecule has 5 aliphatic rings. The summed E-state index contributed by atoms with van der Waals surface area (Å²) in [6, 6.07) is 12.8. The molecule has 3 amide bonds. The number of aryl methyl sites for hydroxylation is 2. The molecule has 1 saturated carbocycles. The third kappa shape index (κ3) is 6.68. The van der Waals surface area contributed by atoms with Crippen molar-refractivity contribution in [1.82, 2.24) is 35.7 Å². The van der Waals surface area contributed by atoms with Crippen LogP contribution in [-0.2, 0) is 27.1 Å². The number of fused-ring (bicyclic) bond motifs is 5. The van der Waals surface area contributed by atoms with Crippen LogP contribution in [0, 0.1) is 11.8 Å². The van der Waals surface area contributed by atoms with Crippen molar-refractivity contribution in [2.75, 3.05) is 13.7 Å². The summed E-state index contributed by atoms with van der Waals surface area (Å²) < 4.78 is 10.6. The van der Waals surface area contributed by atoms with Gasteiger partial charge in [0.05, 0.1) is 36.8 Å². The number of hydrogen-bond donors (Lipinski definition) is 4. The van der Waals surface area contributed by atoms with E-state index in [0.717, 1.165) is 73.3 Å². The molecule has 1 aromatic heterocycles. The number of nitrogens with one attached hydrogen (secondary N) is 4. The lowest BCUT2D eigenvalue weighted by molar-refractivity contribution is -0.135. The minimum absolute atomic E-state index is 0.0474. The molecule has 54 heavy (non-hydrogen) atoms. The molecule has 0 spiro atoms. The van der Waals surface area contributed by atoms with Crippen LogP contribution in [0.3, 0.4) is 0 Å². The fourth-order valence-corrected chi connectivity index (χ4v) is 9.37. The van der Waals surface area contributed by atoms with Crippen LogP contribution in [0.25, 0.3) is 28.1 Å². The van der Waals surface area contributed by atoms with Gasteiger partial charge < -0.3 is 35.3 Å². The fraction of sp³-hybridized carbons (Fsp3) is 0.524. The summed E-state index contributed by atoms with van der Waals surface area (Å²) in [5.41, 5.74) is 8.75. The number of methoxy groups -OCH3 is 1. The molecule has 3 aromatic rings. The minimum Gasteiger partial charge on any atom is -0.453 e. The standard InChI is InChI=1S/C42H53N7O5/c1-23(2)35(47-40(51)53-6)39(50)48-17-7-8-34(48)37-43-21-32(45-37)26-12-15-30-24(18-26)9-10-25-19-27(13-16-31(25)30)33-22-44-38(46-33)36-28-11-14-29(20-28)49(36)41(52)54-42(3,4)5/h12-13,15-16,18-19,21-23,28-29,34-37,43,45H,7-11,14,17,20H2,1-6H3,(H,44,46)(H,47,51)/t28-,29+,34-,35-,36?,37?/m0/s1. The number of alkyl carbamates (subject to hydrolysis) is 1. The van der Waals surface area contributed by atoms with Crippen molar-refractivity contribution in [2.24, 2.45) is 11.8 Å². The first-order valence-corrected chi connectivity index (χ1v) is 19.6. The van der Waals surface area contributed by atoms with Gasteiger partial charge in [-0.1, -0.05) is 38.1 Å². The van der Waals surface area contributed by atoms with Gasteiger partial charge in [0.1, 0.15) is 23.6 Å². The fourth-order valence-electron chi connectivity index (χ4n) is 9.37. The zero-order valence-corrected chi connectivity index (χ0v) is 32.2. The molecule has 3 aliphatic heterocycles. The predicted molar refractivity (Wildman–Crippen MR) is 206 cm³/mol. The van der Waals surface area contributed by atoms with Gasteiger partial charge in [-0.3, -0.25) is 9.69 Å². The molecular weight excluding hydrogens is 683 g/mol. The predicted octanol–water partition coefficient (Wildman–Crippen LogP) is 6.49. The van der Waals surface area contributed by atoms with Crippen LogP contribution in [0.1, 0.15) is 95.3 Å². The summed E-state index contributed by atoms with van der Waals surface area (Å²) in [6.07, 6.45) is 9.73. The van der Waals surface area contributed by atoms with Crippen molar-refractivity contribution in [3.8, 4) is 22.4 Å². The lowest BCUT2D eigenvalue weighted by Crippen LogP contribution is -2.57. The van der Waals surface area contributed by atoms with Crippen molar-refractivity contribution in [2.45, 2.75) is 115 Å². The van der Waals surface area contributed by atoms with Gasteiger partial charge in [0.15, 0.2) is 0 Å². The summed E-state index contributed by atoms with van der Waals surface area (Å²) >= 11 is 0. The van der Waals surface area contributed by atoms with Crippen LogP contribution >= 0.6 is 0 Å². The van der Waals surface area contributed by atoms with E-state index in [0.29, 0.717) is 12.5 Å². The minimum atomic E-state index is -0.646. The average Bonchev–Trinajstić information content (AvgIpc) is 4.00. The number of carbonyl (C=O) groups is 3. The van der Waals surface area contributed by atoms with Gasteiger partial charge in [0.25, 0.3) is 0 Å². The van der Waals surface area contributed by atoms with Crippen LogP contribution < -0.4 is 16.0 Å². The molecule has 3 fully saturated rings. The molecule has 12 nitrogen and oxygen atoms in total. The van der Waals surface area contributed by atoms with Crippen molar-refractivity contribution < 1.29 is 23.9 Å². The first kappa shape index (κ1) is 36.0. The Balaban J connectivity index is 0.950. The number of nitrogens with zero attached hydrogens (tertiary/aromatic N) is 3. The smallest absolute Gasteiger partial charge is 0.411 e. The van der Waals surface area contributed by atoms with Gasteiger partial charge in [0, 0.05) is 18.8 Å². The van der Waals surface area contributed by atoms with Gasteiger partial charge in [0.2, 0.25) is 5.91 Å². The van der Waals surface area contributed by atoms with E-state index in [-0.39, 0.29) is 42.2 Å². The number of aromatic amines is 1. The van der Waals surface area contributed by atoms with Crippen molar-refractivity contribution in [3.05, 3.63) is 71.3 Å². The number of carbonyl (C=O) groups excluding carboxylic acids is 3. The average molecular weight is 736 g/mol. The van der Waals surface area contributed by atoms with Crippen LogP contribution in [-0.4, -0.2) is 81.4 Å². The molecule has 4 heterocycles. The molecule has 8 rings (SSSR count). The molecule has 2 unspecified atom stereocenters. The Morgan fingerprint density at radius 2 is 1.70 bits per heavy atom. The van der Waals surface area contributed by atoms with E-state index in [2.05, 4.69) is 57.3 Å².